The fraction of sp³-hybridized carbons (Fsp3) is 0.462. The highest BCUT2D eigenvalue weighted by Crippen LogP contribution is 2.28. The summed E-state index contributed by atoms with van der Waals surface area (Å²) >= 11 is 0. The predicted molar refractivity (Wildman–Crippen MR) is 62.6 cm³/mol. The van der Waals surface area contributed by atoms with Crippen molar-refractivity contribution in [1.29, 1.82) is 0 Å². The standard InChI is InChI=1S/C13H17NO/c1-10-8-13(7-6-11(10)9-15)14(2)12-4-3-5-12/h6-9,12H,3-5H2,1-2H3. The van der Waals surface area contributed by atoms with Crippen LogP contribution in [0.1, 0.15) is 35.2 Å². The first kappa shape index (κ1) is 10.2. The highest BCUT2D eigenvalue weighted by atomic mass is 16.1. The van der Waals surface area contributed by atoms with Gasteiger partial charge in [-0.15, -0.1) is 0 Å². The number of carbonyl (C=O) groups is 1. The molecule has 0 amide bonds. The van der Waals surface area contributed by atoms with Gasteiger partial charge in [0.25, 0.3) is 0 Å². The number of rotatable bonds is 3. The molecule has 0 aromatic heterocycles. The third-order valence-electron chi connectivity index (χ3n) is 3.41. The Kier molecular flexibility index (Phi) is 2.76. The normalized spacial score (nSPS) is 15.9. The summed E-state index contributed by atoms with van der Waals surface area (Å²) in [6, 6.07) is 6.75. The number of nitrogens with zero attached hydrogens (tertiary/aromatic N) is 1. The molecule has 1 aromatic carbocycles. The van der Waals surface area contributed by atoms with E-state index in [0.717, 1.165) is 17.4 Å². The molecule has 1 aromatic rings. The van der Waals surface area contributed by atoms with E-state index in [1.165, 1.54) is 24.9 Å². The molecular weight excluding hydrogens is 186 g/mol. The van der Waals surface area contributed by atoms with Gasteiger partial charge in [-0.2, -0.15) is 0 Å². The Balaban J connectivity index is 2.21. The zero-order valence-corrected chi connectivity index (χ0v) is 9.36. The van der Waals surface area contributed by atoms with E-state index in [1.807, 2.05) is 19.1 Å². The lowest BCUT2D eigenvalue weighted by Gasteiger charge is -2.36. The van der Waals surface area contributed by atoms with Gasteiger partial charge in [0, 0.05) is 24.3 Å². The van der Waals surface area contributed by atoms with Gasteiger partial charge in [0.2, 0.25) is 0 Å². The van der Waals surface area contributed by atoms with Crippen molar-refractivity contribution in [1.82, 2.24) is 0 Å². The molecule has 0 bridgehead atoms. The van der Waals surface area contributed by atoms with Crippen LogP contribution in [-0.2, 0) is 0 Å². The van der Waals surface area contributed by atoms with Crippen LogP contribution in [0.4, 0.5) is 5.69 Å². The molecule has 1 aliphatic rings. The molecule has 2 nitrogen and oxygen atoms in total. The van der Waals surface area contributed by atoms with Crippen LogP contribution in [0.15, 0.2) is 18.2 Å². The van der Waals surface area contributed by atoms with E-state index in [-0.39, 0.29) is 0 Å². The van der Waals surface area contributed by atoms with Gasteiger partial charge in [0.1, 0.15) is 6.29 Å². The van der Waals surface area contributed by atoms with Gasteiger partial charge in [-0.3, -0.25) is 4.79 Å². The fourth-order valence-electron chi connectivity index (χ4n) is 2.00. The molecule has 1 saturated carbocycles. The van der Waals surface area contributed by atoms with Crippen LogP contribution in [0, 0.1) is 6.92 Å². The summed E-state index contributed by atoms with van der Waals surface area (Å²) in [5.74, 6) is 0. The first-order valence-corrected chi connectivity index (χ1v) is 5.51. The summed E-state index contributed by atoms with van der Waals surface area (Å²) in [6.07, 6.45) is 4.86. The van der Waals surface area contributed by atoms with E-state index in [2.05, 4.69) is 18.0 Å². The van der Waals surface area contributed by atoms with Gasteiger partial charge in [0.05, 0.1) is 0 Å². The molecule has 0 unspecified atom stereocenters. The van der Waals surface area contributed by atoms with Gasteiger partial charge in [-0.25, -0.2) is 0 Å². The Morgan fingerprint density at radius 2 is 2.13 bits per heavy atom. The van der Waals surface area contributed by atoms with Gasteiger partial charge in [0.15, 0.2) is 0 Å². The zero-order chi connectivity index (χ0) is 10.8. The van der Waals surface area contributed by atoms with E-state index in [9.17, 15) is 4.79 Å². The molecule has 1 fully saturated rings. The van der Waals surface area contributed by atoms with Gasteiger partial charge in [-0.1, -0.05) is 0 Å². The third-order valence-corrected chi connectivity index (χ3v) is 3.41. The zero-order valence-electron chi connectivity index (χ0n) is 9.36. The van der Waals surface area contributed by atoms with Crippen LogP contribution in [-0.4, -0.2) is 19.4 Å². The lowest BCUT2D eigenvalue weighted by atomic mass is 9.91. The van der Waals surface area contributed by atoms with Gasteiger partial charge in [-0.05, 0) is 49.9 Å². The van der Waals surface area contributed by atoms with Crippen LogP contribution >= 0.6 is 0 Å². The molecule has 80 valence electrons. The van der Waals surface area contributed by atoms with Crippen molar-refractivity contribution < 1.29 is 4.79 Å². The third kappa shape index (κ3) is 1.89. The molecule has 2 heteroatoms. The maximum absolute atomic E-state index is 10.7. The second-order valence-electron chi connectivity index (χ2n) is 4.35. The lowest BCUT2D eigenvalue weighted by molar-refractivity contribution is 0.112. The number of anilines is 1. The quantitative estimate of drug-likeness (QED) is 0.704. The first-order valence-electron chi connectivity index (χ1n) is 5.51. The van der Waals surface area contributed by atoms with Crippen LogP contribution in [0.5, 0.6) is 0 Å². The number of aryl methyl sites for hydroxylation is 1. The first-order chi connectivity index (χ1) is 7.22. The average molecular weight is 203 g/mol. The summed E-state index contributed by atoms with van der Waals surface area (Å²) in [7, 11) is 2.14. The van der Waals surface area contributed by atoms with Crippen molar-refractivity contribution in [3.8, 4) is 0 Å². The SMILES string of the molecule is Cc1cc(N(C)C2CCC2)ccc1C=O. The highest BCUT2D eigenvalue weighted by molar-refractivity contribution is 5.78. The van der Waals surface area contributed by atoms with Crippen molar-refractivity contribution in [2.45, 2.75) is 32.2 Å². The summed E-state index contributed by atoms with van der Waals surface area (Å²) in [6.45, 7) is 1.99. The monoisotopic (exact) mass is 203 g/mol. The summed E-state index contributed by atoms with van der Waals surface area (Å²) in [5, 5.41) is 0. The van der Waals surface area contributed by atoms with Crippen molar-refractivity contribution >= 4 is 12.0 Å². The Bertz CT molecular complexity index is 369. The maximum atomic E-state index is 10.7. The molecule has 0 radical (unpaired) electrons. The minimum Gasteiger partial charge on any atom is -0.372 e. The number of hydrogen-bond donors (Lipinski definition) is 0. The number of hydrogen-bond acceptors (Lipinski definition) is 2. The van der Waals surface area contributed by atoms with Crippen molar-refractivity contribution in [3.05, 3.63) is 29.3 Å². The predicted octanol–water partition coefficient (Wildman–Crippen LogP) is 2.80. The van der Waals surface area contributed by atoms with Crippen molar-refractivity contribution in [2.24, 2.45) is 0 Å². The second kappa shape index (κ2) is 4.05. The summed E-state index contributed by atoms with van der Waals surface area (Å²) < 4.78 is 0. The average Bonchev–Trinajstić information content (AvgIpc) is 2.15. The summed E-state index contributed by atoms with van der Waals surface area (Å²) in [4.78, 5) is 13.0. The Morgan fingerprint density at radius 1 is 1.40 bits per heavy atom. The molecule has 0 N–H and O–H groups in total. The second-order valence-corrected chi connectivity index (χ2v) is 4.35. The van der Waals surface area contributed by atoms with Crippen LogP contribution in [0.3, 0.4) is 0 Å². The Hall–Kier alpha value is -1.31. The molecule has 0 atom stereocenters. The van der Waals surface area contributed by atoms with E-state index < -0.39 is 0 Å². The summed E-state index contributed by atoms with van der Waals surface area (Å²) in [5.41, 5.74) is 3.08. The number of benzene rings is 1. The fourth-order valence-corrected chi connectivity index (χ4v) is 2.00. The largest absolute Gasteiger partial charge is 0.372 e. The van der Waals surface area contributed by atoms with Crippen molar-refractivity contribution in [2.75, 3.05) is 11.9 Å². The highest BCUT2D eigenvalue weighted by Gasteiger charge is 2.22. The smallest absolute Gasteiger partial charge is 0.150 e. The van der Waals surface area contributed by atoms with Gasteiger partial charge >= 0.3 is 0 Å². The van der Waals surface area contributed by atoms with E-state index in [1.54, 1.807) is 0 Å². The lowest BCUT2D eigenvalue weighted by Crippen LogP contribution is -2.37. The molecule has 2 rings (SSSR count). The molecule has 0 heterocycles. The van der Waals surface area contributed by atoms with Crippen LogP contribution < -0.4 is 4.90 Å². The van der Waals surface area contributed by atoms with Gasteiger partial charge < -0.3 is 4.90 Å². The van der Waals surface area contributed by atoms with E-state index in [4.69, 9.17) is 0 Å². The van der Waals surface area contributed by atoms with Crippen LogP contribution in [0.25, 0.3) is 0 Å². The van der Waals surface area contributed by atoms with Crippen LogP contribution in [0.2, 0.25) is 0 Å². The molecule has 0 spiro atoms. The molecular formula is C13H17NO. The van der Waals surface area contributed by atoms with E-state index >= 15 is 0 Å². The Morgan fingerprint density at radius 3 is 2.60 bits per heavy atom. The minimum atomic E-state index is 0.700. The minimum absolute atomic E-state index is 0.700. The maximum Gasteiger partial charge on any atom is 0.150 e. The van der Waals surface area contributed by atoms with Crippen molar-refractivity contribution in [3.63, 3.8) is 0 Å². The molecule has 15 heavy (non-hydrogen) atoms. The number of carbonyl (C=O) groups excluding carboxylic acids is 1. The van der Waals surface area contributed by atoms with E-state index in [0.29, 0.717) is 6.04 Å². The molecule has 0 aliphatic heterocycles. The molecule has 0 saturated heterocycles. The molecule has 1 aliphatic carbocycles. The Labute approximate surface area is 90.9 Å². The topological polar surface area (TPSA) is 20.3 Å². The number of aldehydes is 1.